The quantitative estimate of drug-likeness (QED) is 0.763. The predicted octanol–water partition coefficient (Wildman–Crippen LogP) is 4.32. The van der Waals surface area contributed by atoms with Gasteiger partial charge in [0, 0.05) is 4.88 Å². The van der Waals surface area contributed by atoms with Crippen LogP contribution in [0.4, 0.5) is 0 Å². The van der Waals surface area contributed by atoms with Gasteiger partial charge in [-0.15, -0.1) is 11.3 Å². The third-order valence-electron chi connectivity index (χ3n) is 3.31. The summed E-state index contributed by atoms with van der Waals surface area (Å²) < 4.78 is 5.33. The molecule has 1 aliphatic rings. The van der Waals surface area contributed by atoms with Gasteiger partial charge in [-0.05, 0) is 49.6 Å². The molecule has 0 N–H and O–H groups in total. The second-order valence-corrected chi connectivity index (χ2v) is 5.58. The Kier molecular flexibility index (Phi) is 5.86. The second kappa shape index (κ2) is 6.93. The number of ether oxygens (including phenoxy) is 1. The van der Waals surface area contributed by atoms with Crippen molar-refractivity contribution >= 4 is 17.3 Å². The largest absolute Gasteiger partial charge is 0.465 e. The Morgan fingerprint density at radius 3 is 2.89 bits per heavy atom. The summed E-state index contributed by atoms with van der Waals surface area (Å²) in [7, 11) is 0. The summed E-state index contributed by atoms with van der Waals surface area (Å²) in [6.07, 6.45) is 4.01. The van der Waals surface area contributed by atoms with E-state index in [4.69, 9.17) is 4.74 Å². The number of hydrogen-bond donors (Lipinski definition) is 0. The molecule has 18 heavy (non-hydrogen) atoms. The SMILES string of the molecule is CC.CCCOC(=O)C1(C)CCCc2sccc21. The first kappa shape index (κ1) is 15.2. The zero-order valence-corrected chi connectivity index (χ0v) is 12.7. The number of carbonyl (C=O) groups excluding carboxylic acids is 1. The van der Waals surface area contributed by atoms with Gasteiger partial charge in [0.1, 0.15) is 0 Å². The van der Waals surface area contributed by atoms with Crippen molar-refractivity contribution in [3.8, 4) is 0 Å². The van der Waals surface area contributed by atoms with Crippen LogP contribution in [0.5, 0.6) is 0 Å². The maximum Gasteiger partial charge on any atom is 0.316 e. The highest BCUT2D eigenvalue weighted by molar-refractivity contribution is 7.10. The first-order chi connectivity index (χ1) is 8.68. The molecule has 0 spiro atoms. The highest BCUT2D eigenvalue weighted by atomic mass is 32.1. The molecular weight excluding hydrogens is 244 g/mol. The summed E-state index contributed by atoms with van der Waals surface area (Å²) in [6.45, 7) is 8.58. The molecule has 1 aromatic rings. The summed E-state index contributed by atoms with van der Waals surface area (Å²) >= 11 is 1.76. The summed E-state index contributed by atoms with van der Waals surface area (Å²) in [5.41, 5.74) is 0.799. The fraction of sp³-hybridized carbons (Fsp3) is 0.667. The van der Waals surface area contributed by atoms with E-state index in [1.165, 1.54) is 10.4 Å². The van der Waals surface area contributed by atoms with Gasteiger partial charge in [0.05, 0.1) is 12.0 Å². The normalized spacial score (nSPS) is 21.6. The van der Waals surface area contributed by atoms with E-state index in [0.29, 0.717) is 6.61 Å². The van der Waals surface area contributed by atoms with Crippen LogP contribution in [0.1, 0.15) is 57.4 Å². The topological polar surface area (TPSA) is 26.3 Å². The van der Waals surface area contributed by atoms with Gasteiger partial charge in [-0.3, -0.25) is 4.79 Å². The Morgan fingerprint density at radius 1 is 1.50 bits per heavy atom. The summed E-state index contributed by atoms with van der Waals surface area (Å²) in [5.74, 6) is -0.0475. The third kappa shape index (κ3) is 2.94. The van der Waals surface area contributed by atoms with E-state index in [-0.39, 0.29) is 5.97 Å². The lowest BCUT2D eigenvalue weighted by Crippen LogP contribution is -2.37. The monoisotopic (exact) mass is 268 g/mol. The van der Waals surface area contributed by atoms with E-state index in [0.717, 1.165) is 25.7 Å². The van der Waals surface area contributed by atoms with Gasteiger partial charge in [0.2, 0.25) is 0 Å². The van der Waals surface area contributed by atoms with Gasteiger partial charge >= 0.3 is 5.97 Å². The molecule has 2 rings (SSSR count). The molecule has 1 heterocycles. The number of hydrogen-bond acceptors (Lipinski definition) is 3. The Balaban J connectivity index is 0.000000771. The minimum Gasteiger partial charge on any atom is -0.465 e. The first-order valence-electron chi connectivity index (χ1n) is 6.92. The van der Waals surface area contributed by atoms with E-state index < -0.39 is 5.41 Å². The highest BCUT2D eigenvalue weighted by Gasteiger charge is 2.40. The van der Waals surface area contributed by atoms with Crippen molar-refractivity contribution in [3.63, 3.8) is 0 Å². The van der Waals surface area contributed by atoms with Crippen molar-refractivity contribution in [2.75, 3.05) is 6.61 Å². The van der Waals surface area contributed by atoms with Crippen molar-refractivity contribution < 1.29 is 9.53 Å². The smallest absolute Gasteiger partial charge is 0.316 e. The number of esters is 1. The van der Waals surface area contributed by atoms with Gasteiger partial charge in [-0.1, -0.05) is 20.8 Å². The van der Waals surface area contributed by atoms with Crippen LogP contribution in [0, 0.1) is 0 Å². The van der Waals surface area contributed by atoms with Gasteiger partial charge in [0.25, 0.3) is 0 Å². The van der Waals surface area contributed by atoms with Gasteiger partial charge in [0.15, 0.2) is 0 Å². The van der Waals surface area contributed by atoms with Crippen molar-refractivity contribution in [1.29, 1.82) is 0 Å². The molecule has 1 aromatic heterocycles. The van der Waals surface area contributed by atoms with Crippen molar-refractivity contribution in [2.45, 2.75) is 58.8 Å². The van der Waals surface area contributed by atoms with Crippen LogP contribution in [-0.2, 0) is 21.4 Å². The lowest BCUT2D eigenvalue weighted by molar-refractivity contribution is -0.150. The molecule has 0 fully saturated rings. The summed E-state index contributed by atoms with van der Waals surface area (Å²) in [5, 5.41) is 2.08. The summed E-state index contributed by atoms with van der Waals surface area (Å²) in [6, 6.07) is 2.09. The van der Waals surface area contributed by atoms with Crippen LogP contribution < -0.4 is 0 Å². The van der Waals surface area contributed by atoms with Crippen LogP contribution >= 0.6 is 11.3 Å². The van der Waals surface area contributed by atoms with Crippen molar-refractivity contribution in [3.05, 3.63) is 21.9 Å². The Morgan fingerprint density at radius 2 is 2.22 bits per heavy atom. The standard InChI is InChI=1S/C13H18O2S.C2H6/c1-3-8-15-12(14)13(2)7-4-5-11-10(13)6-9-16-11;1-2/h6,9H,3-5,7-8H2,1-2H3;1-2H3. The molecule has 102 valence electrons. The van der Waals surface area contributed by atoms with Crippen molar-refractivity contribution in [2.24, 2.45) is 0 Å². The van der Waals surface area contributed by atoms with E-state index in [2.05, 4.69) is 11.4 Å². The lowest BCUT2D eigenvalue weighted by Gasteiger charge is -2.31. The Labute approximate surface area is 114 Å². The zero-order valence-electron chi connectivity index (χ0n) is 11.9. The third-order valence-corrected chi connectivity index (χ3v) is 4.29. The van der Waals surface area contributed by atoms with E-state index >= 15 is 0 Å². The van der Waals surface area contributed by atoms with E-state index in [1.807, 2.05) is 27.7 Å². The molecule has 1 atom stereocenters. The van der Waals surface area contributed by atoms with Crippen LogP contribution in [0.2, 0.25) is 0 Å². The van der Waals surface area contributed by atoms with E-state index in [9.17, 15) is 4.79 Å². The average Bonchev–Trinajstić information content (AvgIpc) is 2.88. The number of fused-ring (bicyclic) bond motifs is 1. The molecule has 0 radical (unpaired) electrons. The fourth-order valence-corrected chi connectivity index (χ4v) is 3.38. The number of carbonyl (C=O) groups is 1. The first-order valence-corrected chi connectivity index (χ1v) is 7.80. The molecule has 0 saturated carbocycles. The minimum absolute atomic E-state index is 0.0475. The maximum atomic E-state index is 12.1. The van der Waals surface area contributed by atoms with Crippen LogP contribution in [0.25, 0.3) is 0 Å². The van der Waals surface area contributed by atoms with Gasteiger partial charge in [-0.2, -0.15) is 0 Å². The molecule has 0 aliphatic heterocycles. The lowest BCUT2D eigenvalue weighted by atomic mass is 9.74. The maximum absolute atomic E-state index is 12.1. The number of thiophene rings is 1. The molecule has 0 saturated heterocycles. The highest BCUT2D eigenvalue weighted by Crippen LogP contribution is 2.40. The molecule has 2 nitrogen and oxygen atoms in total. The zero-order chi connectivity index (χ0) is 13.6. The van der Waals surface area contributed by atoms with Crippen LogP contribution in [0.15, 0.2) is 11.4 Å². The van der Waals surface area contributed by atoms with Gasteiger partial charge < -0.3 is 4.74 Å². The molecule has 3 heteroatoms. The fourth-order valence-electron chi connectivity index (χ4n) is 2.33. The van der Waals surface area contributed by atoms with Crippen molar-refractivity contribution in [1.82, 2.24) is 0 Å². The second-order valence-electron chi connectivity index (χ2n) is 4.58. The predicted molar refractivity (Wildman–Crippen MR) is 77.2 cm³/mol. The van der Waals surface area contributed by atoms with E-state index in [1.54, 1.807) is 11.3 Å². The number of aryl methyl sites for hydroxylation is 1. The Hall–Kier alpha value is -0.830. The molecule has 0 bridgehead atoms. The molecule has 0 amide bonds. The molecule has 1 aliphatic carbocycles. The number of rotatable bonds is 3. The molecule has 1 unspecified atom stereocenters. The minimum atomic E-state index is -0.400. The summed E-state index contributed by atoms with van der Waals surface area (Å²) in [4.78, 5) is 13.5. The Bertz CT molecular complexity index is 384. The average molecular weight is 268 g/mol. The van der Waals surface area contributed by atoms with Gasteiger partial charge in [-0.25, -0.2) is 0 Å². The molecule has 0 aromatic carbocycles. The molecular formula is C15H24O2S. The van der Waals surface area contributed by atoms with Crippen LogP contribution in [-0.4, -0.2) is 12.6 Å². The van der Waals surface area contributed by atoms with Crippen LogP contribution in [0.3, 0.4) is 0 Å².